The summed E-state index contributed by atoms with van der Waals surface area (Å²) >= 11 is 0. The van der Waals surface area contributed by atoms with Gasteiger partial charge in [-0.15, -0.1) is 0 Å². The van der Waals surface area contributed by atoms with Gasteiger partial charge in [-0.2, -0.15) is 0 Å². The third kappa shape index (κ3) is 5.21. The summed E-state index contributed by atoms with van der Waals surface area (Å²) in [5.74, 6) is 0.984. The maximum absolute atomic E-state index is 11.3. The first-order valence-electron chi connectivity index (χ1n) is 7.23. The van der Waals surface area contributed by atoms with Gasteiger partial charge in [-0.1, -0.05) is 26.0 Å². The zero-order valence-electron chi connectivity index (χ0n) is 12.6. The molecule has 0 aliphatic heterocycles. The lowest BCUT2D eigenvalue weighted by molar-refractivity contribution is -0.145. The van der Waals surface area contributed by atoms with Crippen LogP contribution in [0.2, 0.25) is 0 Å². The average Bonchev–Trinajstić information content (AvgIpc) is 2.47. The van der Waals surface area contributed by atoms with E-state index in [4.69, 9.17) is 15.2 Å². The Hall–Kier alpha value is -1.55. The number of hydrogen-bond donors (Lipinski definition) is 1. The number of nitrogens with two attached hydrogens (primary N) is 1. The molecule has 4 heteroatoms. The van der Waals surface area contributed by atoms with Gasteiger partial charge in [0.1, 0.15) is 11.8 Å². The summed E-state index contributed by atoms with van der Waals surface area (Å²) in [6, 6.07) is 7.45. The SMILES string of the molecule is CCOC(=O)C(N)CCOc1ccc(C(C)CC)cc1. The quantitative estimate of drug-likeness (QED) is 0.743. The molecule has 0 amide bonds. The Bertz CT molecular complexity index is 403. The molecule has 0 aromatic heterocycles. The topological polar surface area (TPSA) is 61.5 Å². The third-order valence-corrected chi connectivity index (χ3v) is 3.35. The van der Waals surface area contributed by atoms with Gasteiger partial charge in [0, 0.05) is 6.42 Å². The van der Waals surface area contributed by atoms with Crippen LogP contribution in [0.25, 0.3) is 0 Å². The Labute approximate surface area is 121 Å². The van der Waals surface area contributed by atoms with Crippen molar-refractivity contribution in [1.82, 2.24) is 0 Å². The van der Waals surface area contributed by atoms with Crippen molar-refractivity contribution in [2.45, 2.75) is 45.6 Å². The molecule has 0 aliphatic carbocycles. The lowest BCUT2D eigenvalue weighted by Gasteiger charge is -2.13. The zero-order chi connectivity index (χ0) is 15.0. The van der Waals surface area contributed by atoms with Gasteiger partial charge < -0.3 is 15.2 Å². The van der Waals surface area contributed by atoms with Crippen molar-refractivity contribution in [1.29, 1.82) is 0 Å². The molecule has 1 aromatic rings. The highest BCUT2D eigenvalue weighted by Gasteiger charge is 2.14. The van der Waals surface area contributed by atoms with Crippen LogP contribution in [0.5, 0.6) is 5.75 Å². The third-order valence-electron chi connectivity index (χ3n) is 3.35. The van der Waals surface area contributed by atoms with Crippen LogP contribution in [0.15, 0.2) is 24.3 Å². The summed E-state index contributed by atoms with van der Waals surface area (Å²) in [6.45, 7) is 6.90. The van der Waals surface area contributed by atoms with E-state index in [0.29, 0.717) is 25.6 Å². The number of carbonyl (C=O) groups is 1. The van der Waals surface area contributed by atoms with Gasteiger partial charge >= 0.3 is 5.97 Å². The van der Waals surface area contributed by atoms with E-state index in [0.717, 1.165) is 12.2 Å². The van der Waals surface area contributed by atoms with Crippen LogP contribution in [0, 0.1) is 0 Å². The Morgan fingerprint density at radius 2 is 1.90 bits per heavy atom. The molecule has 0 bridgehead atoms. The molecule has 0 fully saturated rings. The molecule has 2 unspecified atom stereocenters. The minimum absolute atomic E-state index is 0.352. The highest BCUT2D eigenvalue weighted by atomic mass is 16.5. The van der Waals surface area contributed by atoms with Crippen LogP contribution < -0.4 is 10.5 Å². The van der Waals surface area contributed by atoms with E-state index in [-0.39, 0.29) is 5.97 Å². The molecule has 1 rings (SSSR count). The molecule has 0 heterocycles. The molecular formula is C16H25NO3. The Morgan fingerprint density at radius 3 is 2.45 bits per heavy atom. The normalized spacial score (nSPS) is 13.6. The van der Waals surface area contributed by atoms with E-state index in [9.17, 15) is 4.79 Å². The molecule has 0 radical (unpaired) electrons. The predicted molar refractivity (Wildman–Crippen MR) is 79.9 cm³/mol. The first-order valence-corrected chi connectivity index (χ1v) is 7.23. The van der Waals surface area contributed by atoms with Gasteiger partial charge in [-0.3, -0.25) is 4.79 Å². The molecule has 2 N–H and O–H groups in total. The van der Waals surface area contributed by atoms with Crippen molar-refractivity contribution < 1.29 is 14.3 Å². The Morgan fingerprint density at radius 1 is 1.25 bits per heavy atom. The summed E-state index contributed by atoms with van der Waals surface area (Å²) in [5.41, 5.74) is 7.00. The van der Waals surface area contributed by atoms with E-state index in [1.54, 1.807) is 6.92 Å². The maximum atomic E-state index is 11.3. The van der Waals surface area contributed by atoms with Crippen LogP contribution >= 0.6 is 0 Å². The minimum atomic E-state index is -0.616. The summed E-state index contributed by atoms with van der Waals surface area (Å²) in [7, 11) is 0. The zero-order valence-corrected chi connectivity index (χ0v) is 12.6. The van der Waals surface area contributed by atoms with E-state index < -0.39 is 6.04 Å². The molecule has 0 spiro atoms. The predicted octanol–water partition coefficient (Wildman–Crippen LogP) is 2.86. The van der Waals surface area contributed by atoms with E-state index in [1.807, 2.05) is 12.1 Å². The lowest BCUT2D eigenvalue weighted by Crippen LogP contribution is -2.33. The number of benzene rings is 1. The Balaban J connectivity index is 2.37. The molecule has 0 saturated heterocycles. The largest absolute Gasteiger partial charge is 0.494 e. The monoisotopic (exact) mass is 279 g/mol. The summed E-state index contributed by atoms with van der Waals surface area (Å²) in [5, 5.41) is 0. The second-order valence-corrected chi connectivity index (χ2v) is 4.87. The average molecular weight is 279 g/mol. The van der Waals surface area contributed by atoms with Crippen molar-refractivity contribution in [2.75, 3.05) is 13.2 Å². The van der Waals surface area contributed by atoms with Gasteiger partial charge in [-0.25, -0.2) is 0 Å². The Kier molecular flexibility index (Phi) is 7.09. The smallest absolute Gasteiger partial charge is 0.323 e. The molecule has 4 nitrogen and oxygen atoms in total. The van der Waals surface area contributed by atoms with Crippen molar-refractivity contribution in [3.05, 3.63) is 29.8 Å². The number of rotatable bonds is 8. The fourth-order valence-corrected chi connectivity index (χ4v) is 1.80. The molecule has 2 atom stereocenters. The standard InChI is InChI=1S/C16H25NO3/c1-4-12(3)13-6-8-14(9-7-13)20-11-10-15(17)16(18)19-5-2/h6-9,12,15H,4-5,10-11,17H2,1-3H3. The second kappa shape index (κ2) is 8.59. The first-order chi connectivity index (χ1) is 9.58. The summed E-state index contributed by atoms with van der Waals surface area (Å²) in [4.78, 5) is 11.3. The van der Waals surface area contributed by atoms with Crippen LogP contribution in [0.3, 0.4) is 0 Å². The number of esters is 1. The molecular weight excluding hydrogens is 254 g/mol. The van der Waals surface area contributed by atoms with Gasteiger partial charge in [-0.05, 0) is 37.0 Å². The summed E-state index contributed by atoms with van der Waals surface area (Å²) in [6.07, 6.45) is 1.57. The molecule has 20 heavy (non-hydrogen) atoms. The van der Waals surface area contributed by atoms with Crippen molar-refractivity contribution >= 4 is 5.97 Å². The van der Waals surface area contributed by atoms with Crippen LogP contribution in [-0.4, -0.2) is 25.2 Å². The van der Waals surface area contributed by atoms with Crippen LogP contribution in [0.4, 0.5) is 0 Å². The number of ether oxygens (including phenoxy) is 2. The molecule has 0 aliphatic rings. The van der Waals surface area contributed by atoms with E-state index >= 15 is 0 Å². The van der Waals surface area contributed by atoms with Crippen LogP contribution in [-0.2, 0) is 9.53 Å². The van der Waals surface area contributed by atoms with Gasteiger partial charge in [0.15, 0.2) is 0 Å². The van der Waals surface area contributed by atoms with E-state index in [2.05, 4.69) is 26.0 Å². The van der Waals surface area contributed by atoms with Crippen molar-refractivity contribution in [3.8, 4) is 5.75 Å². The maximum Gasteiger partial charge on any atom is 0.323 e. The number of hydrogen-bond acceptors (Lipinski definition) is 4. The van der Waals surface area contributed by atoms with Crippen molar-refractivity contribution in [3.63, 3.8) is 0 Å². The van der Waals surface area contributed by atoms with Crippen LogP contribution in [0.1, 0.15) is 45.1 Å². The second-order valence-electron chi connectivity index (χ2n) is 4.87. The fraction of sp³-hybridized carbons (Fsp3) is 0.562. The minimum Gasteiger partial charge on any atom is -0.494 e. The van der Waals surface area contributed by atoms with Gasteiger partial charge in [0.25, 0.3) is 0 Å². The molecule has 112 valence electrons. The first kappa shape index (κ1) is 16.5. The fourth-order valence-electron chi connectivity index (χ4n) is 1.80. The van der Waals surface area contributed by atoms with Crippen molar-refractivity contribution in [2.24, 2.45) is 5.73 Å². The number of carbonyl (C=O) groups excluding carboxylic acids is 1. The highest BCUT2D eigenvalue weighted by Crippen LogP contribution is 2.21. The van der Waals surface area contributed by atoms with Gasteiger partial charge in [0.2, 0.25) is 0 Å². The molecule has 0 saturated carbocycles. The highest BCUT2D eigenvalue weighted by molar-refractivity contribution is 5.75. The van der Waals surface area contributed by atoms with Gasteiger partial charge in [0.05, 0.1) is 13.2 Å². The molecule has 1 aromatic carbocycles. The van der Waals surface area contributed by atoms with E-state index in [1.165, 1.54) is 5.56 Å². The lowest BCUT2D eigenvalue weighted by atomic mass is 9.99. The summed E-state index contributed by atoms with van der Waals surface area (Å²) < 4.78 is 10.4.